The molecule has 1 aromatic carbocycles. The van der Waals surface area contributed by atoms with E-state index in [-0.39, 0.29) is 0 Å². The van der Waals surface area contributed by atoms with E-state index in [0.29, 0.717) is 11.7 Å². The molecule has 7 heteroatoms. The van der Waals surface area contributed by atoms with Crippen molar-refractivity contribution in [1.29, 1.82) is 0 Å². The van der Waals surface area contributed by atoms with Crippen molar-refractivity contribution < 1.29 is 0 Å². The summed E-state index contributed by atoms with van der Waals surface area (Å²) >= 11 is 1.69. The Kier molecular flexibility index (Phi) is 4.64. The van der Waals surface area contributed by atoms with Crippen LogP contribution in [0.4, 0.5) is 11.5 Å². The van der Waals surface area contributed by atoms with Gasteiger partial charge in [0.25, 0.3) is 0 Å². The van der Waals surface area contributed by atoms with Crippen molar-refractivity contribution in [3.05, 3.63) is 59.0 Å². The number of allylic oxidation sites excluding steroid dienone is 1. The molecule has 2 aromatic heterocycles. The van der Waals surface area contributed by atoms with Crippen molar-refractivity contribution in [3.8, 4) is 5.13 Å². The number of benzene rings is 1. The molecule has 29 heavy (non-hydrogen) atoms. The number of thiazole rings is 1. The number of anilines is 2. The fourth-order valence-corrected chi connectivity index (χ4v) is 5.55. The van der Waals surface area contributed by atoms with Crippen LogP contribution in [0.1, 0.15) is 46.7 Å². The molecule has 0 bridgehead atoms. The summed E-state index contributed by atoms with van der Waals surface area (Å²) in [6.07, 6.45) is 9.93. The van der Waals surface area contributed by atoms with Crippen LogP contribution in [0.3, 0.4) is 0 Å². The number of rotatable bonds is 4. The number of nitrogens with zero attached hydrogens (tertiary/aromatic N) is 4. The number of hydrogen-bond acceptors (Lipinski definition) is 6. The lowest BCUT2D eigenvalue weighted by atomic mass is 9.87. The van der Waals surface area contributed by atoms with Crippen LogP contribution in [0.2, 0.25) is 0 Å². The van der Waals surface area contributed by atoms with E-state index in [4.69, 9.17) is 11.5 Å². The Labute approximate surface area is 174 Å². The van der Waals surface area contributed by atoms with Crippen molar-refractivity contribution in [2.75, 3.05) is 24.6 Å². The molecule has 1 aliphatic heterocycles. The third-order valence-corrected chi connectivity index (χ3v) is 7.13. The van der Waals surface area contributed by atoms with Gasteiger partial charge < -0.3 is 11.5 Å². The van der Waals surface area contributed by atoms with E-state index in [0.717, 1.165) is 43.3 Å². The van der Waals surface area contributed by atoms with Crippen LogP contribution in [-0.4, -0.2) is 32.5 Å². The lowest BCUT2D eigenvalue weighted by Crippen LogP contribution is -2.34. The number of piperidine rings is 1. The van der Waals surface area contributed by atoms with Crippen molar-refractivity contribution in [3.63, 3.8) is 0 Å². The van der Waals surface area contributed by atoms with Crippen LogP contribution in [0.15, 0.2) is 37.4 Å². The van der Waals surface area contributed by atoms with Crippen LogP contribution in [0.25, 0.3) is 10.7 Å². The van der Waals surface area contributed by atoms with Gasteiger partial charge in [0.2, 0.25) is 0 Å². The molecule has 5 rings (SSSR count). The van der Waals surface area contributed by atoms with Crippen LogP contribution < -0.4 is 11.5 Å². The smallest absolute Gasteiger partial charge is 0.195 e. The van der Waals surface area contributed by atoms with Gasteiger partial charge in [0.15, 0.2) is 5.13 Å². The molecule has 3 heterocycles. The monoisotopic (exact) mass is 406 g/mol. The summed E-state index contributed by atoms with van der Waals surface area (Å²) in [7, 11) is 0. The van der Waals surface area contributed by atoms with Crippen molar-refractivity contribution >= 4 is 28.4 Å². The van der Waals surface area contributed by atoms with Crippen LogP contribution in [-0.2, 0) is 13.0 Å². The highest BCUT2D eigenvalue weighted by Crippen LogP contribution is 2.40. The fraction of sp³-hybridized carbons (Fsp3) is 0.364. The molecular formula is C22H26N6S. The molecule has 0 spiro atoms. The summed E-state index contributed by atoms with van der Waals surface area (Å²) in [5.74, 6) is 1.000. The number of nitrogen functional groups attached to an aromatic ring is 2. The van der Waals surface area contributed by atoms with Crippen LogP contribution in [0, 0.1) is 0 Å². The zero-order valence-electron chi connectivity index (χ0n) is 16.5. The van der Waals surface area contributed by atoms with Gasteiger partial charge in [0, 0.05) is 29.9 Å². The Balaban J connectivity index is 1.31. The Morgan fingerprint density at radius 1 is 1.21 bits per heavy atom. The van der Waals surface area contributed by atoms with E-state index in [1.807, 2.05) is 10.8 Å². The Morgan fingerprint density at radius 2 is 2.10 bits per heavy atom. The van der Waals surface area contributed by atoms with Crippen molar-refractivity contribution in [2.45, 2.75) is 38.1 Å². The Bertz CT molecular complexity index is 1070. The molecule has 1 fully saturated rings. The summed E-state index contributed by atoms with van der Waals surface area (Å²) in [6.45, 7) is 7.25. The summed E-state index contributed by atoms with van der Waals surface area (Å²) in [5, 5.41) is 0.904. The first kappa shape index (κ1) is 18.4. The van der Waals surface area contributed by atoms with E-state index in [1.165, 1.54) is 40.0 Å². The maximum absolute atomic E-state index is 6.61. The molecule has 1 saturated heterocycles. The quantitative estimate of drug-likeness (QED) is 0.643. The molecule has 4 N–H and O–H groups in total. The molecule has 6 nitrogen and oxygen atoms in total. The number of fused-ring (bicyclic) bond motifs is 1. The number of nitrogens with two attached hydrogens (primary N) is 2. The highest BCUT2D eigenvalue weighted by atomic mass is 32.1. The van der Waals surface area contributed by atoms with Gasteiger partial charge in [0.1, 0.15) is 12.1 Å². The fourth-order valence-electron chi connectivity index (χ4n) is 4.66. The summed E-state index contributed by atoms with van der Waals surface area (Å²) in [6, 6.07) is 4.48. The summed E-state index contributed by atoms with van der Waals surface area (Å²) < 4.78 is 1.88. The van der Waals surface area contributed by atoms with Gasteiger partial charge in [-0.15, -0.1) is 0 Å². The lowest BCUT2D eigenvalue weighted by molar-refractivity contribution is 0.202. The summed E-state index contributed by atoms with van der Waals surface area (Å²) in [5.41, 5.74) is 18.5. The zero-order chi connectivity index (χ0) is 20.0. The maximum Gasteiger partial charge on any atom is 0.195 e. The highest BCUT2D eigenvalue weighted by Gasteiger charge is 2.26. The normalized spacial score (nSPS) is 19.6. The van der Waals surface area contributed by atoms with Crippen molar-refractivity contribution in [2.24, 2.45) is 0 Å². The van der Waals surface area contributed by atoms with Crippen LogP contribution >= 0.6 is 11.3 Å². The van der Waals surface area contributed by atoms with E-state index in [1.54, 1.807) is 23.9 Å². The molecule has 3 aromatic rings. The second-order valence-corrected chi connectivity index (χ2v) is 9.18. The minimum Gasteiger partial charge on any atom is -0.398 e. The average molecular weight is 407 g/mol. The topological polar surface area (TPSA) is 86.0 Å². The third kappa shape index (κ3) is 3.45. The molecule has 1 unspecified atom stereocenters. The van der Waals surface area contributed by atoms with Gasteiger partial charge in [-0.1, -0.05) is 30.0 Å². The van der Waals surface area contributed by atoms with Gasteiger partial charge in [0.05, 0.1) is 6.20 Å². The number of hydrogen-bond donors (Lipinski definition) is 2. The van der Waals surface area contributed by atoms with E-state index >= 15 is 0 Å². The number of aromatic nitrogens is 3. The Hall–Kier alpha value is -2.64. The van der Waals surface area contributed by atoms with E-state index in [9.17, 15) is 0 Å². The van der Waals surface area contributed by atoms with Gasteiger partial charge >= 0.3 is 0 Å². The molecular weight excluding hydrogens is 380 g/mol. The van der Waals surface area contributed by atoms with Crippen molar-refractivity contribution in [1.82, 2.24) is 19.4 Å². The van der Waals surface area contributed by atoms with Gasteiger partial charge in [-0.2, -0.15) is 0 Å². The number of imidazole rings is 1. The minimum absolute atomic E-state index is 0.490. The first-order valence-electron chi connectivity index (χ1n) is 10.1. The Morgan fingerprint density at radius 3 is 2.93 bits per heavy atom. The molecule has 1 aliphatic carbocycles. The second kappa shape index (κ2) is 7.31. The van der Waals surface area contributed by atoms with Crippen LogP contribution in [0.5, 0.6) is 0 Å². The molecule has 150 valence electrons. The third-order valence-electron chi connectivity index (χ3n) is 6.14. The largest absolute Gasteiger partial charge is 0.398 e. The molecule has 1 atom stereocenters. The first-order chi connectivity index (χ1) is 14.1. The predicted octanol–water partition coefficient (Wildman–Crippen LogP) is 3.83. The number of likely N-dealkylation sites (tertiary alicyclic amines) is 1. The van der Waals surface area contributed by atoms with Gasteiger partial charge in [-0.25, -0.2) is 9.97 Å². The lowest BCUT2D eigenvalue weighted by Gasteiger charge is -2.33. The standard InChI is InChI=1S/C22H26N6S/c1-14-4-5-19-17(14)6-7-18(21(19)24)15-3-2-8-27(10-15)11-16-9-25-22(29-16)28-12-20(23)26-13-28/h6-7,9,12-13,15H,1-5,8,10-11,23-24H2. The molecule has 0 radical (unpaired) electrons. The first-order valence-corrected chi connectivity index (χ1v) is 11.0. The second-order valence-electron chi connectivity index (χ2n) is 8.09. The van der Waals surface area contributed by atoms with E-state index in [2.05, 4.69) is 33.6 Å². The highest BCUT2D eigenvalue weighted by molar-refractivity contribution is 7.14. The van der Waals surface area contributed by atoms with Gasteiger partial charge in [-0.3, -0.25) is 9.47 Å². The molecule has 0 amide bonds. The maximum atomic E-state index is 6.61. The zero-order valence-corrected chi connectivity index (χ0v) is 17.3. The molecule has 2 aliphatic rings. The summed E-state index contributed by atoms with van der Waals surface area (Å²) in [4.78, 5) is 12.4. The van der Waals surface area contributed by atoms with E-state index < -0.39 is 0 Å². The SMILES string of the molecule is C=C1CCc2c1ccc(C1CCCN(Cc3cnc(-n4cnc(N)c4)s3)C1)c2N. The predicted molar refractivity (Wildman–Crippen MR) is 119 cm³/mol. The minimum atomic E-state index is 0.490. The average Bonchev–Trinajstić information content (AvgIpc) is 3.43. The molecule has 0 saturated carbocycles. The van der Waals surface area contributed by atoms with Gasteiger partial charge in [-0.05, 0) is 60.4 Å².